The Labute approximate surface area is 194 Å². The number of rotatable bonds is 11. The van der Waals surface area contributed by atoms with Crippen molar-refractivity contribution in [2.75, 3.05) is 11.1 Å². The molecule has 8 nitrogen and oxygen atoms in total. The first-order valence-corrected chi connectivity index (χ1v) is 12.3. The van der Waals surface area contributed by atoms with E-state index >= 15 is 0 Å². The van der Waals surface area contributed by atoms with Crippen molar-refractivity contribution in [3.8, 4) is 11.6 Å². The number of thioether (sulfide) groups is 1. The van der Waals surface area contributed by atoms with Crippen LogP contribution in [0.5, 0.6) is 0 Å². The SMILES string of the molecule is CCCCCc1nnc(NC(=O)CSc2nnc(-c3ccco3)n2Cc2ccccc2)s1. The van der Waals surface area contributed by atoms with E-state index in [1.54, 1.807) is 6.26 Å². The molecule has 166 valence electrons. The molecule has 3 aromatic heterocycles. The predicted octanol–water partition coefficient (Wildman–Crippen LogP) is 4.90. The third kappa shape index (κ3) is 5.83. The summed E-state index contributed by atoms with van der Waals surface area (Å²) in [5.74, 6) is 1.30. The van der Waals surface area contributed by atoms with Crippen LogP contribution in [0.25, 0.3) is 11.6 Å². The van der Waals surface area contributed by atoms with Crippen LogP contribution in [0.4, 0.5) is 5.13 Å². The molecule has 32 heavy (non-hydrogen) atoms. The average Bonchev–Trinajstić information content (AvgIpc) is 3.55. The Kier molecular flexibility index (Phi) is 7.68. The molecule has 0 radical (unpaired) electrons. The van der Waals surface area contributed by atoms with Crippen molar-refractivity contribution in [3.63, 3.8) is 0 Å². The summed E-state index contributed by atoms with van der Waals surface area (Å²) >= 11 is 2.76. The van der Waals surface area contributed by atoms with Gasteiger partial charge in [-0.25, -0.2) is 0 Å². The number of carbonyl (C=O) groups is 1. The minimum absolute atomic E-state index is 0.153. The van der Waals surface area contributed by atoms with Crippen molar-refractivity contribution >= 4 is 34.1 Å². The summed E-state index contributed by atoms with van der Waals surface area (Å²) in [6, 6.07) is 13.7. The number of hydrogen-bond acceptors (Lipinski definition) is 8. The lowest BCUT2D eigenvalue weighted by atomic mass is 10.2. The Morgan fingerprint density at radius 3 is 2.75 bits per heavy atom. The van der Waals surface area contributed by atoms with Gasteiger partial charge in [-0.1, -0.05) is 73.2 Å². The number of aryl methyl sites for hydroxylation is 1. The quantitative estimate of drug-likeness (QED) is 0.247. The molecule has 0 saturated carbocycles. The fourth-order valence-electron chi connectivity index (χ4n) is 3.11. The largest absolute Gasteiger partial charge is 0.461 e. The number of nitrogens with zero attached hydrogens (tertiary/aromatic N) is 5. The minimum Gasteiger partial charge on any atom is -0.461 e. The molecule has 1 aromatic carbocycles. The van der Waals surface area contributed by atoms with E-state index in [1.807, 2.05) is 47.0 Å². The third-order valence-electron chi connectivity index (χ3n) is 4.68. The van der Waals surface area contributed by atoms with Crippen molar-refractivity contribution in [1.29, 1.82) is 0 Å². The molecule has 0 atom stereocenters. The maximum atomic E-state index is 12.5. The number of anilines is 1. The van der Waals surface area contributed by atoms with Gasteiger partial charge in [0.25, 0.3) is 0 Å². The second-order valence-corrected chi connectivity index (χ2v) is 9.15. The molecule has 4 aromatic rings. The first-order chi connectivity index (χ1) is 15.7. The monoisotopic (exact) mass is 468 g/mol. The normalized spacial score (nSPS) is 11.0. The lowest BCUT2D eigenvalue weighted by Crippen LogP contribution is -2.14. The Bertz CT molecular complexity index is 1120. The molecule has 1 amide bonds. The summed E-state index contributed by atoms with van der Waals surface area (Å²) in [5.41, 5.74) is 1.11. The van der Waals surface area contributed by atoms with Crippen LogP contribution in [0, 0.1) is 0 Å². The zero-order valence-corrected chi connectivity index (χ0v) is 19.4. The number of carbonyl (C=O) groups excluding carboxylic acids is 1. The molecule has 0 fully saturated rings. The number of nitrogens with one attached hydrogen (secondary N) is 1. The van der Waals surface area contributed by atoms with Crippen molar-refractivity contribution in [2.24, 2.45) is 0 Å². The lowest BCUT2D eigenvalue weighted by Gasteiger charge is -2.09. The molecule has 3 heterocycles. The van der Waals surface area contributed by atoms with Crippen molar-refractivity contribution in [1.82, 2.24) is 25.0 Å². The van der Waals surface area contributed by atoms with Crippen LogP contribution in [0.3, 0.4) is 0 Å². The van der Waals surface area contributed by atoms with Crippen molar-refractivity contribution in [2.45, 2.75) is 44.3 Å². The van der Waals surface area contributed by atoms with E-state index in [1.165, 1.54) is 29.5 Å². The van der Waals surface area contributed by atoms with Gasteiger partial charge in [-0.15, -0.1) is 20.4 Å². The highest BCUT2D eigenvalue weighted by Gasteiger charge is 2.18. The van der Waals surface area contributed by atoms with Gasteiger partial charge in [-0.05, 0) is 24.1 Å². The summed E-state index contributed by atoms with van der Waals surface area (Å²) in [4.78, 5) is 12.5. The average molecular weight is 469 g/mol. The summed E-state index contributed by atoms with van der Waals surface area (Å²) in [6.07, 6.45) is 5.92. The molecule has 0 bridgehead atoms. The van der Waals surface area contributed by atoms with Gasteiger partial charge in [0.2, 0.25) is 16.9 Å². The number of amides is 1. The molecule has 0 aliphatic rings. The molecule has 0 aliphatic heterocycles. The lowest BCUT2D eigenvalue weighted by molar-refractivity contribution is -0.113. The maximum Gasteiger partial charge on any atom is 0.236 e. The van der Waals surface area contributed by atoms with Gasteiger partial charge in [0.1, 0.15) is 5.01 Å². The highest BCUT2D eigenvalue weighted by atomic mass is 32.2. The number of benzene rings is 1. The fraction of sp³-hybridized carbons (Fsp3) is 0.318. The first-order valence-electron chi connectivity index (χ1n) is 10.5. The van der Waals surface area contributed by atoms with Gasteiger partial charge in [0.15, 0.2) is 10.9 Å². The van der Waals surface area contributed by atoms with Crippen LogP contribution in [-0.4, -0.2) is 36.6 Å². The Hall–Kier alpha value is -2.98. The van der Waals surface area contributed by atoms with Gasteiger partial charge in [0, 0.05) is 6.42 Å². The molecular formula is C22H24N6O2S2. The van der Waals surface area contributed by atoms with Crippen molar-refractivity contribution in [3.05, 3.63) is 59.3 Å². The first kappa shape index (κ1) is 22.2. The zero-order chi connectivity index (χ0) is 22.2. The highest BCUT2D eigenvalue weighted by Crippen LogP contribution is 2.26. The van der Waals surface area contributed by atoms with E-state index in [9.17, 15) is 4.79 Å². The molecule has 1 N–H and O–H groups in total. The number of furan rings is 1. The molecule has 0 unspecified atom stereocenters. The zero-order valence-electron chi connectivity index (χ0n) is 17.7. The summed E-state index contributed by atoms with van der Waals surface area (Å²) in [6.45, 7) is 2.74. The maximum absolute atomic E-state index is 12.5. The van der Waals surface area contributed by atoms with E-state index in [2.05, 4.69) is 32.6 Å². The van der Waals surface area contributed by atoms with Gasteiger partial charge >= 0.3 is 0 Å². The van der Waals surface area contributed by atoms with E-state index in [0.717, 1.165) is 29.8 Å². The van der Waals surface area contributed by atoms with Crippen LogP contribution in [0.1, 0.15) is 36.8 Å². The molecular weight excluding hydrogens is 444 g/mol. The number of unbranched alkanes of at least 4 members (excludes halogenated alkanes) is 2. The van der Waals surface area contributed by atoms with Crippen LogP contribution in [0.15, 0.2) is 58.3 Å². The summed E-state index contributed by atoms with van der Waals surface area (Å²) in [7, 11) is 0. The smallest absolute Gasteiger partial charge is 0.236 e. The predicted molar refractivity (Wildman–Crippen MR) is 126 cm³/mol. The van der Waals surface area contributed by atoms with E-state index < -0.39 is 0 Å². The van der Waals surface area contributed by atoms with Crippen molar-refractivity contribution < 1.29 is 9.21 Å². The highest BCUT2D eigenvalue weighted by molar-refractivity contribution is 7.99. The van der Waals surface area contributed by atoms with Gasteiger partial charge < -0.3 is 4.42 Å². The Morgan fingerprint density at radius 2 is 1.97 bits per heavy atom. The third-order valence-corrected chi connectivity index (χ3v) is 6.55. The summed E-state index contributed by atoms with van der Waals surface area (Å²) < 4.78 is 7.49. The fourth-order valence-corrected chi connectivity index (χ4v) is 4.64. The molecule has 0 aliphatic carbocycles. The van der Waals surface area contributed by atoms with E-state index in [4.69, 9.17) is 4.42 Å². The standard InChI is InChI=1S/C22H24N6O2S2/c1-2-3-5-12-19-24-26-21(32-19)23-18(29)15-31-22-27-25-20(17-11-8-13-30-17)28(22)14-16-9-6-4-7-10-16/h4,6-11,13H,2-3,5,12,14-15H2,1H3,(H,23,26,29). The van der Waals surface area contributed by atoms with Gasteiger partial charge in [0.05, 0.1) is 18.6 Å². The Morgan fingerprint density at radius 1 is 1.09 bits per heavy atom. The molecule has 0 spiro atoms. The van der Waals surface area contributed by atoms with E-state index in [-0.39, 0.29) is 11.7 Å². The van der Waals surface area contributed by atoms with Crippen LogP contribution in [0.2, 0.25) is 0 Å². The van der Waals surface area contributed by atoms with E-state index in [0.29, 0.717) is 28.4 Å². The second kappa shape index (κ2) is 11.1. The van der Waals surface area contributed by atoms with Gasteiger partial charge in [-0.3, -0.25) is 14.7 Å². The van der Waals surface area contributed by atoms with Crippen LogP contribution in [-0.2, 0) is 17.8 Å². The van der Waals surface area contributed by atoms with Gasteiger partial charge in [-0.2, -0.15) is 0 Å². The second-order valence-electron chi connectivity index (χ2n) is 7.15. The summed E-state index contributed by atoms with van der Waals surface area (Å²) in [5, 5.41) is 21.8. The molecule has 10 heteroatoms. The molecule has 4 rings (SSSR count). The minimum atomic E-state index is -0.153. The Balaban J connectivity index is 1.41. The topological polar surface area (TPSA) is 98.7 Å². The number of hydrogen-bond donors (Lipinski definition) is 1. The van der Waals surface area contributed by atoms with Crippen LogP contribution >= 0.6 is 23.1 Å². The molecule has 0 saturated heterocycles. The number of aromatic nitrogens is 5. The van der Waals surface area contributed by atoms with Crippen LogP contribution < -0.4 is 5.32 Å².